The summed E-state index contributed by atoms with van der Waals surface area (Å²) in [6, 6.07) is 3.31. The first kappa shape index (κ1) is 14.8. The molecule has 2 rings (SSSR count). The normalized spacial score (nSPS) is 25.2. The Balaban J connectivity index is 1.90. The van der Waals surface area contributed by atoms with E-state index >= 15 is 0 Å². The van der Waals surface area contributed by atoms with E-state index in [2.05, 4.69) is 42.2 Å². The van der Waals surface area contributed by atoms with E-state index < -0.39 is 0 Å². The van der Waals surface area contributed by atoms with Crippen LogP contribution in [-0.2, 0) is 0 Å². The molecule has 108 valence electrons. The first-order chi connectivity index (χ1) is 9.11. The third kappa shape index (κ3) is 3.47. The fourth-order valence-electron chi connectivity index (χ4n) is 3.33. The number of likely N-dealkylation sites (tertiary alicyclic amines) is 1. The van der Waals surface area contributed by atoms with Crippen molar-refractivity contribution in [2.75, 3.05) is 40.3 Å². The van der Waals surface area contributed by atoms with Crippen LogP contribution < -0.4 is 5.32 Å². The first-order valence-electron chi connectivity index (χ1n) is 7.66. The molecule has 2 fully saturated rings. The summed E-state index contributed by atoms with van der Waals surface area (Å²) in [6.45, 7) is 6.15. The third-order valence-corrected chi connectivity index (χ3v) is 4.73. The van der Waals surface area contributed by atoms with E-state index in [-0.39, 0.29) is 5.54 Å². The van der Waals surface area contributed by atoms with E-state index in [0.29, 0.717) is 12.0 Å². The van der Waals surface area contributed by atoms with Gasteiger partial charge in [-0.3, -0.25) is 5.32 Å². The van der Waals surface area contributed by atoms with Gasteiger partial charge in [-0.2, -0.15) is 5.26 Å². The Morgan fingerprint density at radius 2 is 1.89 bits per heavy atom. The molecule has 1 unspecified atom stereocenters. The lowest BCUT2D eigenvalue weighted by Crippen LogP contribution is -2.56. The summed E-state index contributed by atoms with van der Waals surface area (Å²) in [5.41, 5.74) is -0.292. The van der Waals surface area contributed by atoms with Crippen LogP contribution in [0.2, 0.25) is 0 Å². The number of hydrogen-bond donors (Lipinski definition) is 1. The van der Waals surface area contributed by atoms with Crippen molar-refractivity contribution in [3.8, 4) is 6.07 Å². The summed E-state index contributed by atoms with van der Waals surface area (Å²) in [6.07, 6.45) is 4.89. The maximum atomic E-state index is 9.64. The van der Waals surface area contributed by atoms with Gasteiger partial charge in [0.1, 0.15) is 5.54 Å². The smallest absolute Gasteiger partial charge is 0.122 e. The maximum Gasteiger partial charge on any atom is 0.122 e. The molecule has 1 N–H and O–H groups in total. The van der Waals surface area contributed by atoms with Gasteiger partial charge in [-0.15, -0.1) is 0 Å². The van der Waals surface area contributed by atoms with Crippen molar-refractivity contribution >= 4 is 0 Å². The van der Waals surface area contributed by atoms with Gasteiger partial charge in [0.25, 0.3) is 0 Å². The van der Waals surface area contributed by atoms with Gasteiger partial charge in [0, 0.05) is 12.6 Å². The predicted octanol–water partition coefficient (Wildman–Crippen LogP) is 1.29. The molecular weight excluding hydrogens is 236 g/mol. The largest absolute Gasteiger partial charge is 0.306 e. The van der Waals surface area contributed by atoms with Crippen LogP contribution in [0.5, 0.6) is 0 Å². The molecule has 4 heteroatoms. The second kappa shape index (κ2) is 6.21. The minimum absolute atomic E-state index is 0.292. The lowest BCUT2D eigenvalue weighted by molar-refractivity contribution is 0.119. The Hall–Kier alpha value is -0.630. The lowest BCUT2D eigenvalue weighted by Gasteiger charge is -2.39. The van der Waals surface area contributed by atoms with E-state index in [1.54, 1.807) is 0 Å². The Morgan fingerprint density at radius 1 is 1.26 bits per heavy atom. The van der Waals surface area contributed by atoms with Crippen molar-refractivity contribution in [1.82, 2.24) is 15.1 Å². The van der Waals surface area contributed by atoms with Crippen LogP contribution in [0.3, 0.4) is 0 Å². The number of piperidine rings is 1. The number of nitrogens with zero attached hydrogens (tertiary/aromatic N) is 3. The zero-order valence-corrected chi connectivity index (χ0v) is 12.7. The molecule has 1 saturated carbocycles. The average molecular weight is 264 g/mol. The van der Waals surface area contributed by atoms with Gasteiger partial charge in [0.2, 0.25) is 0 Å². The standard InChI is InChI=1S/C15H28N4/c1-4-17-15(11-16,13-5-6-13)12-19-9-7-14(8-10-19)18(2)3/h13-14,17H,4-10,12H2,1-3H3. The minimum atomic E-state index is -0.292. The molecule has 0 radical (unpaired) electrons. The fraction of sp³-hybridized carbons (Fsp3) is 0.933. The second-order valence-electron chi connectivity index (χ2n) is 6.36. The summed E-state index contributed by atoms with van der Waals surface area (Å²) in [5.74, 6) is 0.573. The van der Waals surface area contributed by atoms with Crippen molar-refractivity contribution in [3.63, 3.8) is 0 Å². The van der Waals surface area contributed by atoms with Crippen LogP contribution in [-0.4, -0.2) is 61.7 Å². The first-order valence-corrected chi connectivity index (χ1v) is 7.66. The number of nitriles is 1. The number of hydrogen-bond acceptors (Lipinski definition) is 4. The molecule has 0 amide bonds. The Bertz CT molecular complexity index is 324. The number of likely N-dealkylation sites (N-methyl/N-ethyl adjacent to an activating group) is 1. The monoisotopic (exact) mass is 264 g/mol. The highest BCUT2D eigenvalue weighted by Gasteiger charge is 2.46. The molecule has 0 aromatic carbocycles. The van der Waals surface area contributed by atoms with E-state index in [0.717, 1.165) is 26.2 Å². The van der Waals surface area contributed by atoms with Gasteiger partial charge < -0.3 is 9.80 Å². The second-order valence-corrected chi connectivity index (χ2v) is 6.36. The minimum Gasteiger partial charge on any atom is -0.306 e. The van der Waals surface area contributed by atoms with Crippen LogP contribution in [0.4, 0.5) is 0 Å². The molecule has 1 atom stereocenters. The highest BCUT2D eigenvalue weighted by Crippen LogP contribution is 2.40. The van der Waals surface area contributed by atoms with Crippen LogP contribution in [0.1, 0.15) is 32.6 Å². The summed E-state index contributed by atoms with van der Waals surface area (Å²) in [5, 5.41) is 13.1. The summed E-state index contributed by atoms with van der Waals surface area (Å²) < 4.78 is 0. The SMILES string of the molecule is CCNC(C#N)(CN1CCC(N(C)C)CC1)C1CC1. The van der Waals surface area contributed by atoms with Crippen LogP contribution >= 0.6 is 0 Å². The van der Waals surface area contributed by atoms with Crippen molar-refractivity contribution in [2.45, 2.75) is 44.2 Å². The molecule has 0 aromatic rings. The topological polar surface area (TPSA) is 42.3 Å². The van der Waals surface area contributed by atoms with Gasteiger partial charge in [-0.05, 0) is 65.3 Å². The number of nitrogens with one attached hydrogen (secondary N) is 1. The van der Waals surface area contributed by atoms with Crippen LogP contribution in [0.25, 0.3) is 0 Å². The molecule has 0 spiro atoms. The molecule has 1 heterocycles. The van der Waals surface area contributed by atoms with Crippen LogP contribution in [0.15, 0.2) is 0 Å². The van der Waals surface area contributed by atoms with E-state index in [1.165, 1.54) is 25.7 Å². The van der Waals surface area contributed by atoms with Crippen LogP contribution in [0, 0.1) is 17.2 Å². The molecule has 1 aliphatic carbocycles. The van der Waals surface area contributed by atoms with Crippen molar-refractivity contribution in [2.24, 2.45) is 5.92 Å². The number of rotatable bonds is 6. The lowest BCUT2D eigenvalue weighted by atomic mass is 9.92. The fourth-order valence-corrected chi connectivity index (χ4v) is 3.33. The summed E-state index contributed by atoms with van der Waals surface area (Å²) in [4.78, 5) is 4.82. The van der Waals surface area contributed by atoms with E-state index in [1.807, 2.05) is 0 Å². The van der Waals surface area contributed by atoms with Gasteiger partial charge in [-0.25, -0.2) is 0 Å². The quantitative estimate of drug-likeness (QED) is 0.785. The van der Waals surface area contributed by atoms with Gasteiger partial charge in [0.15, 0.2) is 0 Å². The van der Waals surface area contributed by atoms with Gasteiger partial charge in [-0.1, -0.05) is 6.92 Å². The molecule has 2 aliphatic rings. The molecule has 0 aromatic heterocycles. The van der Waals surface area contributed by atoms with Crippen molar-refractivity contribution < 1.29 is 0 Å². The summed E-state index contributed by atoms with van der Waals surface area (Å²) >= 11 is 0. The maximum absolute atomic E-state index is 9.64. The zero-order valence-electron chi connectivity index (χ0n) is 12.7. The molecule has 1 aliphatic heterocycles. The van der Waals surface area contributed by atoms with E-state index in [9.17, 15) is 5.26 Å². The van der Waals surface area contributed by atoms with Gasteiger partial charge >= 0.3 is 0 Å². The molecule has 19 heavy (non-hydrogen) atoms. The molecule has 1 saturated heterocycles. The molecule has 0 bridgehead atoms. The Kier molecular flexibility index (Phi) is 4.83. The highest BCUT2D eigenvalue weighted by molar-refractivity contribution is 5.16. The molecule has 4 nitrogen and oxygen atoms in total. The van der Waals surface area contributed by atoms with Crippen molar-refractivity contribution in [1.29, 1.82) is 5.26 Å². The summed E-state index contributed by atoms with van der Waals surface area (Å²) in [7, 11) is 4.34. The Labute approximate surface area is 117 Å². The van der Waals surface area contributed by atoms with Crippen molar-refractivity contribution in [3.05, 3.63) is 0 Å². The average Bonchev–Trinajstić information content (AvgIpc) is 3.23. The third-order valence-electron chi connectivity index (χ3n) is 4.73. The van der Waals surface area contributed by atoms with E-state index in [4.69, 9.17) is 0 Å². The highest BCUT2D eigenvalue weighted by atomic mass is 15.2. The Morgan fingerprint density at radius 3 is 2.32 bits per heavy atom. The zero-order chi connectivity index (χ0) is 13.9. The van der Waals surface area contributed by atoms with Gasteiger partial charge in [0.05, 0.1) is 6.07 Å². The molecular formula is C15H28N4. The predicted molar refractivity (Wildman–Crippen MR) is 77.9 cm³/mol.